The van der Waals surface area contributed by atoms with Crippen LogP contribution in [0.1, 0.15) is 91.9 Å². The summed E-state index contributed by atoms with van der Waals surface area (Å²) in [6.07, 6.45) is 12.9. The van der Waals surface area contributed by atoms with E-state index in [2.05, 4.69) is 27.7 Å². The molecule has 0 aromatic rings. The van der Waals surface area contributed by atoms with Crippen LogP contribution >= 0.6 is 0 Å². The second-order valence-electron chi connectivity index (χ2n) is 10.2. The van der Waals surface area contributed by atoms with Crippen LogP contribution in [0, 0.1) is 0 Å². The molecule has 0 aromatic heterocycles. The maximum atomic E-state index is 6.51. The molecule has 2 saturated heterocycles. The van der Waals surface area contributed by atoms with Crippen molar-refractivity contribution < 1.29 is 27.8 Å². The Bertz CT molecular complexity index is 426. The third-order valence-corrected chi connectivity index (χ3v) is 10.3. The van der Waals surface area contributed by atoms with Crippen molar-refractivity contribution in [1.82, 2.24) is 0 Å². The summed E-state index contributed by atoms with van der Waals surface area (Å²) in [4.78, 5) is 0. The first kappa shape index (κ1) is 29.2. The van der Waals surface area contributed by atoms with Crippen LogP contribution in [0.2, 0.25) is 12.1 Å². The third kappa shape index (κ3) is 13.6. The summed E-state index contributed by atoms with van der Waals surface area (Å²) in [5.41, 5.74) is 0. The van der Waals surface area contributed by atoms with Crippen molar-refractivity contribution in [2.45, 2.75) is 128 Å². The molecule has 0 spiro atoms. The van der Waals surface area contributed by atoms with Gasteiger partial charge in [-0.15, -0.1) is 0 Å². The molecule has 0 amide bonds. The van der Waals surface area contributed by atoms with Crippen LogP contribution in [0.15, 0.2) is 0 Å². The molecule has 0 bridgehead atoms. The van der Waals surface area contributed by atoms with E-state index in [0.717, 1.165) is 77.4 Å². The van der Waals surface area contributed by atoms with Crippen molar-refractivity contribution in [2.24, 2.45) is 0 Å². The lowest BCUT2D eigenvalue weighted by Gasteiger charge is -2.34. The zero-order chi connectivity index (χ0) is 23.8. The van der Waals surface area contributed by atoms with Crippen LogP contribution in [-0.2, 0) is 27.8 Å². The normalized spacial score (nSPS) is 20.9. The van der Waals surface area contributed by atoms with Gasteiger partial charge in [0.1, 0.15) is 0 Å². The minimum atomic E-state index is -2.29. The van der Waals surface area contributed by atoms with E-state index in [1.54, 1.807) is 0 Å². The predicted octanol–water partition coefficient (Wildman–Crippen LogP) is 6.01. The highest BCUT2D eigenvalue weighted by Gasteiger charge is 2.38. The van der Waals surface area contributed by atoms with Gasteiger partial charge >= 0.3 is 8.56 Å². The van der Waals surface area contributed by atoms with Crippen LogP contribution in [0.5, 0.6) is 0 Å². The van der Waals surface area contributed by atoms with E-state index in [1.807, 2.05) is 0 Å². The number of unbranched alkanes of at least 4 members (excludes halogenated alkanes) is 2. The van der Waals surface area contributed by atoms with Crippen molar-refractivity contribution in [3.05, 3.63) is 0 Å². The highest BCUT2D eigenvalue weighted by atomic mass is 28.4. The Morgan fingerprint density at radius 2 is 1.03 bits per heavy atom. The van der Waals surface area contributed by atoms with Gasteiger partial charge in [0.15, 0.2) is 0 Å². The van der Waals surface area contributed by atoms with Gasteiger partial charge in [0.2, 0.25) is 0 Å². The first-order valence-corrected chi connectivity index (χ1v) is 16.0. The summed E-state index contributed by atoms with van der Waals surface area (Å²) in [6.45, 7) is 13.7. The molecule has 2 fully saturated rings. The van der Waals surface area contributed by atoms with E-state index in [9.17, 15) is 0 Å². The molecular formula is C26H52O6Si. The average molecular weight is 489 g/mol. The van der Waals surface area contributed by atoms with Crippen LogP contribution in [0.25, 0.3) is 0 Å². The van der Waals surface area contributed by atoms with E-state index in [4.69, 9.17) is 27.8 Å². The Morgan fingerprint density at radius 1 is 0.636 bits per heavy atom. The molecule has 2 heterocycles. The summed E-state index contributed by atoms with van der Waals surface area (Å²) in [6, 6.07) is 1.97. The second kappa shape index (κ2) is 17.4. The molecular weight excluding hydrogens is 436 g/mol. The van der Waals surface area contributed by atoms with Gasteiger partial charge in [0, 0.05) is 51.8 Å². The molecule has 33 heavy (non-hydrogen) atoms. The van der Waals surface area contributed by atoms with E-state index < -0.39 is 8.56 Å². The Hall–Kier alpha value is -0.0231. The fourth-order valence-electron chi connectivity index (χ4n) is 4.52. The molecule has 2 aliphatic rings. The van der Waals surface area contributed by atoms with Gasteiger partial charge in [-0.1, -0.05) is 0 Å². The van der Waals surface area contributed by atoms with Gasteiger partial charge in [0.05, 0.1) is 12.2 Å². The van der Waals surface area contributed by atoms with Gasteiger partial charge in [-0.05, 0) is 104 Å². The molecule has 0 N–H and O–H groups in total. The molecule has 2 unspecified atom stereocenters. The van der Waals surface area contributed by atoms with Gasteiger partial charge < -0.3 is 27.8 Å². The van der Waals surface area contributed by atoms with Crippen molar-refractivity contribution in [2.75, 3.05) is 39.6 Å². The summed E-state index contributed by atoms with van der Waals surface area (Å²) >= 11 is 0. The fourth-order valence-corrected chi connectivity index (χ4v) is 8.38. The van der Waals surface area contributed by atoms with Gasteiger partial charge in [0.25, 0.3) is 0 Å². The first-order chi connectivity index (χ1) is 16.0. The number of hydrogen-bond acceptors (Lipinski definition) is 6. The molecule has 2 rings (SSSR count). The van der Waals surface area contributed by atoms with Gasteiger partial charge in [-0.2, -0.15) is 0 Å². The Balaban J connectivity index is 1.59. The van der Waals surface area contributed by atoms with Crippen LogP contribution < -0.4 is 0 Å². The zero-order valence-electron chi connectivity index (χ0n) is 22.0. The maximum absolute atomic E-state index is 6.51. The molecule has 196 valence electrons. The standard InChI is InChI=1S/C26H52O6Si/c1-23(2)31-33(32-24(3)4,21-9-17-27-15-7-5-11-25-13-19-29-25)22-10-18-28-16-8-6-12-26-14-20-30-26/h23-26H,5-22H2,1-4H3. The lowest BCUT2D eigenvalue weighted by Crippen LogP contribution is -2.46. The second-order valence-corrected chi connectivity index (χ2v) is 13.5. The van der Waals surface area contributed by atoms with E-state index >= 15 is 0 Å². The highest BCUT2D eigenvalue weighted by molar-refractivity contribution is 6.67. The summed E-state index contributed by atoms with van der Waals surface area (Å²) in [7, 11) is -2.29. The van der Waals surface area contributed by atoms with E-state index in [0.29, 0.717) is 12.2 Å². The Kier molecular flexibility index (Phi) is 15.4. The van der Waals surface area contributed by atoms with Crippen molar-refractivity contribution >= 4 is 8.56 Å². The van der Waals surface area contributed by atoms with Gasteiger partial charge in [-0.25, -0.2) is 0 Å². The highest BCUT2D eigenvalue weighted by Crippen LogP contribution is 2.27. The Morgan fingerprint density at radius 3 is 1.36 bits per heavy atom. The SMILES string of the molecule is CC(C)O[Si](CCCOCCCCC1CCO1)(CCCOCCCCC1CCO1)OC(C)C. The maximum Gasteiger partial charge on any atom is 0.338 e. The van der Waals surface area contributed by atoms with E-state index in [-0.39, 0.29) is 12.2 Å². The van der Waals surface area contributed by atoms with Crippen LogP contribution in [0.3, 0.4) is 0 Å². The molecule has 0 radical (unpaired) electrons. The minimum absolute atomic E-state index is 0.180. The third-order valence-electron chi connectivity index (χ3n) is 6.31. The van der Waals surface area contributed by atoms with Crippen molar-refractivity contribution in [3.8, 4) is 0 Å². The minimum Gasteiger partial charge on any atom is -0.392 e. The quantitative estimate of drug-likeness (QED) is 0.137. The fraction of sp³-hybridized carbons (Fsp3) is 1.00. The lowest BCUT2D eigenvalue weighted by molar-refractivity contribution is -0.0563. The monoisotopic (exact) mass is 488 g/mol. The van der Waals surface area contributed by atoms with Crippen LogP contribution in [-0.4, -0.2) is 72.6 Å². The first-order valence-electron chi connectivity index (χ1n) is 13.7. The summed E-state index contributed by atoms with van der Waals surface area (Å²) in [5, 5.41) is 0. The summed E-state index contributed by atoms with van der Waals surface area (Å²) in [5.74, 6) is 0. The Labute approximate surface area is 204 Å². The molecule has 0 aliphatic carbocycles. The van der Waals surface area contributed by atoms with Crippen molar-refractivity contribution in [1.29, 1.82) is 0 Å². The number of ether oxygens (including phenoxy) is 4. The van der Waals surface area contributed by atoms with Crippen LogP contribution in [0.4, 0.5) is 0 Å². The smallest absolute Gasteiger partial charge is 0.338 e. The number of hydrogen-bond donors (Lipinski definition) is 0. The molecule has 2 atom stereocenters. The molecule has 7 heteroatoms. The largest absolute Gasteiger partial charge is 0.392 e. The van der Waals surface area contributed by atoms with E-state index in [1.165, 1.54) is 38.5 Å². The topological polar surface area (TPSA) is 55.4 Å². The molecule has 2 aliphatic heterocycles. The summed E-state index contributed by atoms with van der Waals surface area (Å²) < 4.78 is 35.8. The average Bonchev–Trinajstić information content (AvgIpc) is 2.67. The predicted molar refractivity (Wildman–Crippen MR) is 135 cm³/mol. The lowest BCUT2D eigenvalue weighted by atomic mass is 10.1. The molecule has 0 aromatic carbocycles. The van der Waals surface area contributed by atoms with Gasteiger partial charge in [-0.3, -0.25) is 0 Å². The molecule has 0 saturated carbocycles. The van der Waals surface area contributed by atoms with Crippen molar-refractivity contribution in [3.63, 3.8) is 0 Å². The number of rotatable bonds is 22. The zero-order valence-corrected chi connectivity index (χ0v) is 23.0. The molecule has 6 nitrogen and oxygen atoms in total.